The van der Waals surface area contributed by atoms with E-state index < -0.39 is 17.7 Å². The standard InChI is InChI=1S/C23H33ClN4O4/c1-23(25,22(30)27-14-16-7-3-2-4-8-16)21-18(24)13-17(15-26-21)10-11-19(29)28-32-20-9-5-6-12-31-20/h10-11,13,15-16,20H,2-9,12,14,25H2,1H3,(H,27,30)(H,28,29)/b11-10+/t20?,23-/m0/s1. The summed E-state index contributed by atoms with van der Waals surface area (Å²) < 4.78 is 5.39. The maximum Gasteiger partial charge on any atom is 0.267 e. The first-order valence-corrected chi connectivity index (χ1v) is 11.7. The minimum absolute atomic E-state index is 0.261. The molecule has 1 aromatic heterocycles. The van der Waals surface area contributed by atoms with Crippen LogP contribution in [0.15, 0.2) is 18.3 Å². The second-order valence-electron chi connectivity index (χ2n) is 8.73. The van der Waals surface area contributed by atoms with Crippen LogP contribution in [0, 0.1) is 5.92 Å². The van der Waals surface area contributed by atoms with Gasteiger partial charge in [-0.2, -0.15) is 0 Å². The van der Waals surface area contributed by atoms with Crippen LogP contribution < -0.4 is 16.5 Å². The molecule has 2 heterocycles. The summed E-state index contributed by atoms with van der Waals surface area (Å²) in [5.74, 6) is -0.230. The van der Waals surface area contributed by atoms with Crippen molar-refractivity contribution < 1.29 is 19.2 Å². The van der Waals surface area contributed by atoms with E-state index in [1.165, 1.54) is 31.5 Å². The van der Waals surface area contributed by atoms with Gasteiger partial charge in [0.15, 0.2) is 6.29 Å². The number of amides is 2. The van der Waals surface area contributed by atoms with Gasteiger partial charge in [0.25, 0.3) is 5.91 Å². The van der Waals surface area contributed by atoms with Crippen molar-refractivity contribution in [2.45, 2.75) is 70.1 Å². The van der Waals surface area contributed by atoms with Gasteiger partial charge in [-0.15, -0.1) is 0 Å². The predicted octanol–water partition coefficient (Wildman–Crippen LogP) is 3.19. The monoisotopic (exact) mass is 464 g/mol. The van der Waals surface area contributed by atoms with Crippen molar-refractivity contribution in [1.29, 1.82) is 0 Å². The normalized spacial score (nSPS) is 21.8. The zero-order valence-electron chi connectivity index (χ0n) is 18.6. The Balaban J connectivity index is 1.53. The Labute approximate surface area is 194 Å². The second-order valence-corrected chi connectivity index (χ2v) is 9.14. The smallest absolute Gasteiger partial charge is 0.267 e. The van der Waals surface area contributed by atoms with Crippen LogP contribution in [-0.2, 0) is 24.7 Å². The van der Waals surface area contributed by atoms with E-state index in [9.17, 15) is 9.59 Å². The molecule has 0 bridgehead atoms. The fourth-order valence-corrected chi connectivity index (χ4v) is 4.35. The first kappa shape index (κ1) is 24.6. The van der Waals surface area contributed by atoms with Crippen LogP contribution in [0.5, 0.6) is 0 Å². The van der Waals surface area contributed by atoms with Crippen molar-refractivity contribution in [3.05, 3.63) is 34.6 Å². The lowest BCUT2D eigenvalue weighted by molar-refractivity contribution is -0.198. The molecule has 2 amide bonds. The van der Waals surface area contributed by atoms with Gasteiger partial charge >= 0.3 is 0 Å². The largest absolute Gasteiger partial charge is 0.354 e. The zero-order chi connectivity index (χ0) is 23.0. The van der Waals surface area contributed by atoms with E-state index in [1.54, 1.807) is 19.1 Å². The van der Waals surface area contributed by atoms with Crippen molar-refractivity contribution in [3.8, 4) is 0 Å². The molecule has 0 radical (unpaired) electrons. The molecule has 32 heavy (non-hydrogen) atoms. The third-order valence-corrected chi connectivity index (χ3v) is 6.25. The van der Waals surface area contributed by atoms with E-state index in [0.29, 0.717) is 30.3 Å². The summed E-state index contributed by atoms with van der Waals surface area (Å²) in [7, 11) is 0. The molecule has 9 heteroatoms. The highest BCUT2D eigenvalue weighted by molar-refractivity contribution is 6.31. The Morgan fingerprint density at radius 2 is 2.03 bits per heavy atom. The number of hydrogen-bond acceptors (Lipinski definition) is 6. The average Bonchev–Trinajstić information content (AvgIpc) is 2.81. The first-order chi connectivity index (χ1) is 15.4. The average molecular weight is 465 g/mol. The molecule has 2 fully saturated rings. The number of pyridine rings is 1. The number of nitrogens with one attached hydrogen (secondary N) is 2. The van der Waals surface area contributed by atoms with Gasteiger partial charge in [-0.3, -0.25) is 14.6 Å². The fraction of sp³-hybridized carbons (Fsp3) is 0.609. The topological polar surface area (TPSA) is 116 Å². The molecule has 1 saturated carbocycles. The van der Waals surface area contributed by atoms with E-state index in [0.717, 1.165) is 32.1 Å². The number of halogens is 1. The Morgan fingerprint density at radius 1 is 1.28 bits per heavy atom. The SMILES string of the molecule is C[C@@](N)(C(=O)NCC1CCCCC1)c1ncc(/C=C/C(=O)NOC2CCCCO2)cc1Cl. The number of nitrogens with zero attached hydrogens (tertiary/aromatic N) is 1. The number of rotatable bonds is 8. The highest BCUT2D eigenvalue weighted by Crippen LogP contribution is 2.27. The molecule has 2 atom stereocenters. The molecule has 176 valence electrons. The Hall–Kier alpha value is -2.00. The van der Waals surface area contributed by atoms with Crippen LogP contribution in [-0.4, -0.2) is 36.2 Å². The van der Waals surface area contributed by atoms with Crippen LogP contribution in [0.3, 0.4) is 0 Å². The minimum atomic E-state index is -1.36. The highest BCUT2D eigenvalue weighted by atomic mass is 35.5. The summed E-state index contributed by atoms with van der Waals surface area (Å²) >= 11 is 6.39. The summed E-state index contributed by atoms with van der Waals surface area (Å²) in [6.07, 6.45) is 12.7. The summed E-state index contributed by atoms with van der Waals surface area (Å²) in [5.41, 5.74) is 8.19. The van der Waals surface area contributed by atoms with E-state index >= 15 is 0 Å². The Kier molecular flexibility index (Phi) is 9.04. The van der Waals surface area contributed by atoms with Gasteiger partial charge in [0.05, 0.1) is 10.7 Å². The van der Waals surface area contributed by atoms with Crippen molar-refractivity contribution in [1.82, 2.24) is 15.8 Å². The molecule has 1 aliphatic carbocycles. The number of hydroxylamine groups is 1. The van der Waals surface area contributed by atoms with E-state index in [2.05, 4.69) is 15.8 Å². The van der Waals surface area contributed by atoms with E-state index in [-0.39, 0.29) is 10.9 Å². The molecular formula is C23H33ClN4O4. The predicted molar refractivity (Wildman–Crippen MR) is 122 cm³/mol. The van der Waals surface area contributed by atoms with Crippen LogP contribution in [0.2, 0.25) is 5.02 Å². The second kappa shape index (κ2) is 11.7. The molecule has 1 aromatic rings. The van der Waals surface area contributed by atoms with Crippen LogP contribution >= 0.6 is 11.6 Å². The van der Waals surface area contributed by atoms with Gasteiger partial charge < -0.3 is 15.8 Å². The third kappa shape index (κ3) is 7.00. The van der Waals surface area contributed by atoms with Crippen molar-refractivity contribution >= 4 is 29.5 Å². The maximum absolute atomic E-state index is 12.7. The summed E-state index contributed by atoms with van der Waals surface area (Å²) in [4.78, 5) is 34.2. The van der Waals surface area contributed by atoms with E-state index in [1.807, 2.05) is 0 Å². The summed E-state index contributed by atoms with van der Waals surface area (Å²) in [6, 6.07) is 1.62. The van der Waals surface area contributed by atoms with Crippen molar-refractivity contribution in [3.63, 3.8) is 0 Å². The molecule has 0 aromatic carbocycles. The van der Waals surface area contributed by atoms with Crippen LogP contribution in [0.4, 0.5) is 0 Å². The lowest BCUT2D eigenvalue weighted by atomic mass is 9.89. The van der Waals surface area contributed by atoms with E-state index in [4.69, 9.17) is 26.9 Å². The molecule has 4 N–H and O–H groups in total. The Bertz CT molecular complexity index is 818. The molecular weight excluding hydrogens is 432 g/mol. The molecule has 1 saturated heterocycles. The zero-order valence-corrected chi connectivity index (χ0v) is 19.3. The van der Waals surface area contributed by atoms with Crippen LogP contribution in [0.1, 0.15) is 69.5 Å². The third-order valence-electron chi connectivity index (χ3n) is 5.96. The number of aromatic nitrogens is 1. The molecule has 0 spiro atoms. The summed E-state index contributed by atoms with van der Waals surface area (Å²) in [6.45, 7) is 2.85. The van der Waals surface area contributed by atoms with Crippen molar-refractivity contribution in [2.75, 3.05) is 13.2 Å². The molecule has 3 rings (SSSR count). The van der Waals surface area contributed by atoms with Gasteiger partial charge in [0.2, 0.25) is 5.91 Å². The minimum Gasteiger partial charge on any atom is -0.354 e. The molecule has 8 nitrogen and oxygen atoms in total. The molecule has 1 aliphatic heterocycles. The fourth-order valence-electron chi connectivity index (χ4n) is 3.98. The number of carbonyl (C=O) groups is 2. The summed E-state index contributed by atoms with van der Waals surface area (Å²) in [5, 5.41) is 3.22. The first-order valence-electron chi connectivity index (χ1n) is 11.3. The lowest BCUT2D eigenvalue weighted by Gasteiger charge is -2.27. The highest BCUT2D eigenvalue weighted by Gasteiger charge is 2.34. The number of nitrogens with two attached hydrogens (primary N) is 1. The lowest BCUT2D eigenvalue weighted by Crippen LogP contribution is -2.50. The maximum atomic E-state index is 12.7. The quantitative estimate of drug-likeness (QED) is 0.402. The van der Waals surface area contributed by atoms with Crippen LogP contribution in [0.25, 0.3) is 6.08 Å². The number of ether oxygens (including phenoxy) is 1. The van der Waals surface area contributed by atoms with Gasteiger partial charge in [0.1, 0.15) is 5.54 Å². The Morgan fingerprint density at radius 3 is 2.72 bits per heavy atom. The molecule has 2 aliphatic rings. The van der Waals surface area contributed by atoms with Gasteiger partial charge in [-0.05, 0) is 56.2 Å². The number of carbonyl (C=O) groups excluding carboxylic acids is 2. The van der Waals surface area contributed by atoms with Crippen molar-refractivity contribution in [2.24, 2.45) is 11.7 Å². The van der Waals surface area contributed by atoms with Gasteiger partial charge in [0, 0.05) is 31.8 Å². The van der Waals surface area contributed by atoms with Gasteiger partial charge in [-0.1, -0.05) is 30.9 Å². The van der Waals surface area contributed by atoms with Gasteiger partial charge in [-0.25, -0.2) is 10.3 Å². The number of hydrogen-bond donors (Lipinski definition) is 3. The molecule has 1 unspecified atom stereocenters.